The number of likely N-dealkylation sites (tertiary alicyclic amines) is 1. The Morgan fingerprint density at radius 1 is 1.35 bits per heavy atom. The van der Waals surface area contributed by atoms with Gasteiger partial charge in [-0.15, -0.1) is 12.4 Å². The molecule has 126 valence electrons. The molecule has 2 aliphatic heterocycles. The fourth-order valence-corrected chi connectivity index (χ4v) is 2.74. The molecule has 1 unspecified atom stereocenters. The minimum atomic E-state index is -0.369. The van der Waals surface area contributed by atoms with Crippen LogP contribution < -0.4 is 15.4 Å². The van der Waals surface area contributed by atoms with E-state index in [-0.39, 0.29) is 36.2 Å². The molecule has 2 saturated heterocycles. The first-order valence-corrected chi connectivity index (χ1v) is 7.60. The molecule has 0 spiro atoms. The van der Waals surface area contributed by atoms with Gasteiger partial charge in [-0.25, -0.2) is 0 Å². The third-order valence-electron chi connectivity index (χ3n) is 4.30. The Hall–Kier alpha value is -1.79. The van der Waals surface area contributed by atoms with Crippen molar-refractivity contribution in [3.63, 3.8) is 0 Å². The second-order valence-electron chi connectivity index (χ2n) is 5.81. The van der Waals surface area contributed by atoms with Gasteiger partial charge in [-0.1, -0.05) is 12.1 Å². The molecule has 2 aliphatic rings. The number of nitrogens with zero attached hydrogens (tertiary/aromatic N) is 1. The molecule has 1 aromatic rings. The Morgan fingerprint density at radius 2 is 2.04 bits per heavy atom. The Balaban J connectivity index is 0.00000192. The van der Waals surface area contributed by atoms with Crippen LogP contribution in [-0.4, -0.2) is 49.5 Å². The van der Waals surface area contributed by atoms with E-state index in [1.165, 1.54) is 0 Å². The van der Waals surface area contributed by atoms with Crippen LogP contribution in [0.1, 0.15) is 12.0 Å². The monoisotopic (exact) mass is 339 g/mol. The van der Waals surface area contributed by atoms with Gasteiger partial charge in [0.2, 0.25) is 11.8 Å². The topological polar surface area (TPSA) is 70.7 Å². The van der Waals surface area contributed by atoms with Gasteiger partial charge in [-0.2, -0.15) is 0 Å². The molecule has 2 N–H and O–H groups in total. The molecule has 1 aromatic carbocycles. The molecule has 7 heteroatoms. The highest BCUT2D eigenvalue weighted by atomic mass is 35.5. The fraction of sp³-hybridized carbons (Fsp3) is 0.500. The van der Waals surface area contributed by atoms with E-state index in [2.05, 4.69) is 10.6 Å². The number of hydrogen-bond donors (Lipinski definition) is 2. The van der Waals surface area contributed by atoms with Crippen molar-refractivity contribution >= 4 is 24.2 Å². The Bertz CT molecular complexity index is 560. The van der Waals surface area contributed by atoms with Crippen LogP contribution in [0.4, 0.5) is 0 Å². The van der Waals surface area contributed by atoms with Gasteiger partial charge in [0, 0.05) is 26.2 Å². The van der Waals surface area contributed by atoms with Gasteiger partial charge < -0.3 is 20.3 Å². The largest absolute Gasteiger partial charge is 0.497 e. The number of rotatable bonds is 5. The van der Waals surface area contributed by atoms with Crippen molar-refractivity contribution in [1.82, 2.24) is 15.5 Å². The summed E-state index contributed by atoms with van der Waals surface area (Å²) in [7, 11) is 1.63. The lowest BCUT2D eigenvalue weighted by atomic mass is 10.0. The van der Waals surface area contributed by atoms with Gasteiger partial charge in [0.05, 0.1) is 13.0 Å². The number of ether oxygens (including phenoxy) is 1. The van der Waals surface area contributed by atoms with Crippen LogP contribution in [0.15, 0.2) is 24.3 Å². The predicted octanol–water partition coefficient (Wildman–Crippen LogP) is 0.554. The molecule has 1 atom stereocenters. The van der Waals surface area contributed by atoms with E-state index >= 15 is 0 Å². The molecule has 0 aromatic heterocycles. The maximum Gasteiger partial charge on any atom is 0.245 e. The van der Waals surface area contributed by atoms with Crippen LogP contribution in [0.2, 0.25) is 0 Å². The van der Waals surface area contributed by atoms with Crippen molar-refractivity contribution in [2.75, 3.05) is 26.7 Å². The normalized spacial score (nSPS) is 20.7. The molecule has 0 aliphatic carbocycles. The summed E-state index contributed by atoms with van der Waals surface area (Å²) < 4.78 is 5.13. The smallest absolute Gasteiger partial charge is 0.245 e. The van der Waals surface area contributed by atoms with E-state index in [4.69, 9.17) is 4.74 Å². The highest BCUT2D eigenvalue weighted by Gasteiger charge is 2.35. The van der Waals surface area contributed by atoms with Gasteiger partial charge in [0.1, 0.15) is 11.8 Å². The molecular weight excluding hydrogens is 318 g/mol. The molecule has 0 radical (unpaired) electrons. The molecule has 0 bridgehead atoms. The van der Waals surface area contributed by atoms with Gasteiger partial charge >= 0.3 is 0 Å². The average Bonchev–Trinajstić information content (AvgIpc) is 2.79. The van der Waals surface area contributed by atoms with Crippen LogP contribution in [0.5, 0.6) is 5.75 Å². The average molecular weight is 340 g/mol. The lowest BCUT2D eigenvalue weighted by molar-refractivity contribution is -0.134. The van der Waals surface area contributed by atoms with Gasteiger partial charge in [-0.3, -0.25) is 9.59 Å². The minimum absolute atomic E-state index is 0. The summed E-state index contributed by atoms with van der Waals surface area (Å²) in [5.74, 6) is 0.819. The van der Waals surface area contributed by atoms with Gasteiger partial charge in [0.15, 0.2) is 0 Å². The maximum atomic E-state index is 12.4. The van der Waals surface area contributed by atoms with E-state index in [1.807, 2.05) is 24.3 Å². The van der Waals surface area contributed by atoms with E-state index in [9.17, 15) is 9.59 Å². The van der Waals surface area contributed by atoms with Crippen LogP contribution in [0.25, 0.3) is 0 Å². The third-order valence-corrected chi connectivity index (χ3v) is 4.30. The number of halogens is 1. The van der Waals surface area contributed by atoms with Gasteiger partial charge in [0.25, 0.3) is 0 Å². The van der Waals surface area contributed by atoms with Crippen molar-refractivity contribution in [3.05, 3.63) is 29.8 Å². The Labute approximate surface area is 142 Å². The molecule has 23 heavy (non-hydrogen) atoms. The second kappa shape index (κ2) is 7.66. The lowest BCUT2D eigenvalue weighted by Crippen LogP contribution is -2.53. The minimum Gasteiger partial charge on any atom is -0.497 e. The van der Waals surface area contributed by atoms with Crippen LogP contribution >= 0.6 is 12.4 Å². The van der Waals surface area contributed by atoms with E-state index in [0.29, 0.717) is 32.6 Å². The quantitative estimate of drug-likeness (QED) is 0.822. The summed E-state index contributed by atoms with van der Waals surface area (Å²) in [6.45, 7) is 2.67. The Kier molecular flexibility index (Phi) is 5.85. The molecule has 2 fully saturated rings. The number of hydrogen-bond acceptors (Lipinski definition) is 4. The van der Waals surface area contributed by atoms with E-state index in [0.717, 1.165) is 11.3 Å². The first-order valence-electron chi connectivity index (χ1n) is 7.60. The molecular formula is C16H22ClN3O3. The number of carbonyl (C=O) groups is 2. The van der Waals surface area contributed by atoms with Crippen molar-refractivity contribution in [3.8, 4) is 5.75 Å². The van der Waals surface area contributed by atoms with Crippen molar-refractivity contribution in [2.45, 2.75) is 19.0 Å². The third kappa shape index (κ3) is 3.95. The summed E-state index contributed by atoms with van der Waals surface area (Å²) >= 11 is 0. The van der Waals surface area contributed by atoms with Crippen LogP contribution in [-0.2, 0) is 16.1 Å². The van der Waals surface area contributed by atoms with Crippen molar-refractivity contribution in [1.29, 1.82) is 0 Å². The Morgan fingerprint density at radius 3 is 2.61 bits per heavy atom. The maximum absolute atomic E-state index is 12.4. The number of amides is 2. The molecule has 2 heterocycles. The van der Waals surface area contributed by atoms with Crippen LogP contribution in [0.3, 0.4) is 0 Å². The summed E-state index contributed by atoms with van der Waals surface area (Å²) in [6, 6.07) is 7.32. The molecule has 3 rings (SSSR count). The van der Waals surface area contributed by atoms with Crippen molar-refractivity contribution < 1.29 is 14.3 Å². The fourth-order valence-electron chi connectivity index (χ4n) is 2.74. The highest BCUT2D eigenvalue weighted by Crippen LogP contribution is 2.18. The van der Waals surface area contributed by atoms with Gasteiger partial charge in [-0.05, 0) is 24.1 Å². The molecule has 6 nitrogen and oxygen atoms in total. The molecule has 0 saturated carbocycles. The predicted molar refractivity (Wildman–Crippen MR) is 88.6 cm³/mol. The standard InChI is InChI=1S/C16H21N3O3.ClH/c1-22-13-4-2-11(3-5-13)10-19-7-6-14(16(19)21)18-15(20)12-8-17-9-12;/h2-5,12,14,17H,6-10H2,1H3,(H,18,20);1H. The van der Waals surface area contributed by atoms with Crippen LogP contribution in [0, 0.1) is 5.92 Å². The summed E-state index contributed by atoms with van der Waals surface area (Å²) in [5, 5.41) is 5.94. The van der Waals surface area contributed by atoms with E-state index in [1.54, 1.807) is 12.0 Å². The highest BCUT2D eigenvalue weighted by molar-refractivity contribution is 5.90. The zero-order valence-electron chi connectivity index (χ0n) is 13.1. The number of nitrogens with one attached hydrogen (secondary N) is 2. The SMILES string of the molecule is COc1ccc(CN2CCC(NC(=O)C3CNC3)C2=O)cc1.Cl. The van der Waals surface area contributed by atoms with E-state index < -0.39 is 0 Å². The first-order chi connectivity index (χ1) is 10.7. The first kappa shape index (κ1) is 17.6. The second-order valence-corrected chi connectivity index (χ2v) is 5.81. The zero-order chi connectivity index (χ0) is 15.5. The number of methoxy groups -OCH3 is 1. The zero-order valence-corrected chi connectivity index (χ0v) is 13.9. The summed E-state index contributed by atoms with van der Waals surface area (Å²) in [4.78, 5) is 26.1. The summed E-state index contributed by atoms with van der Waals surface area (Å²) in [5.41, 5.74) is 1.06. The molecule has 2 amide bonds. The number of carbonyl (C=O) groups excluding carboxylic acids is 2. The van der Waals surface area contributed by atoms with Crippen molar-refractivity contribution in [2.24, 2.45) is 5.92 Å². The number of benzene rings is 1. The summed E-state index contributed by atoms with van der Waals surface area (Å²) in [6.07, 6.45) is 0.681. The lowest BCUT2D eigenvalue weighted by Gasteiger charge is -2.27.